The molecule has 2 aromatic rings. The van der Waals surface area contributed by atoms with Crippen LogP contribution < -0.4 is 15.4 Å². The fourth-order valence-corrected chi connectivity index (χ4v) is 3.23. The second-order valence-electron chi connectivity index (χ2n) is 6.41. The van der Waals surface area contributed by atoms with E-state index in [-0.39, 0.29) is 18.1 Å². The number of rotatable bonds is 8. The third-order valence-electron chi connectivity index (χ3n) is 4.54. The summed E-state index contributed by atoms with van der Waals surface area (Å²) in [4.78, 5) is 13.0. The summed E-state index contributed by atoms with van der Waals surface area (Å²) < 4.78 is 11.3. The number of hydrogen-bond donors (Lipinski definition) is 2. The minimum absolute atomic E-state index is 0.0543. The number of benzene rings is 2. The van der Waals surface area contributed by atoms with Gasteiger partial charge in [0.2, 0.25) is 0 Å². The number of nitrogens with two attached hydrogens (primary N) is 1. The Labute approximate surface area is 154 Å². The highest BCUT2D eigenvalue weighted by atomic mass is 16.5. The van der Waals surface area contributed by atoms with Crippen molar-refractivity contribution in [1.82, 2.24) is 0 Å². The molecule has 0 spiro atoms. The zero-order valence-electron chi connectivity index (χ0n) is 15.2. The van der Waals surface area contributed by atoms with Crippen LogP contribution in [-0.4, -0.2) is 31.8 Å². The molecule has 0 saturated carbocycles. The molecule has 1 aliphatic heterocycles. The molecule has 0 unspecified atom stereocenters. The van der Waals surface area contributed by atoms with Crippen molar-refractivity contribution >= 4 is 11.6 Å². The van der Waals surface area contributed by atoms with Crippen LogP contribution in [0.3, 0.4) is 0 Å². The van der Waals surface area contributed by atoms with E-state index in [9.17, 15) is 4.79 Å². The third kappa shape index (κ3) is 4.84. The number of carbonyl (C=O) groups is 1. The van der Waals surface area contributed by atoms with Crippen LogP contribution in [0.2, 0.25) is 0 Å². The fraction of sp³-hybridized carbons (Fsp3) is 0.381. The van der Waals surface area contributed by atoms with Gasteiger partial charge in [-0.1, -0.05) is 42.5 Å². The van der Waals surface area contributed by atoms with Gasteiger partial charge < -0.3 is 20.1 Å². The maximum absolute atomic E-state index is 13.0. The maximum Gasteiger partial charge on any atom is 0.287 e. The molecule has 138 valence electrons. The highest BCUT2D eigenvalue weighted by Crippen LogP contribution is 2.24. The quantitative estimate of drug-likeness (QED) is 0.765. The van der Waals surface area contributed by atoms with E-state index in [4.69, 9.17) is 9.47 Å². The monoisotopic (exact) mass is 355 g/mol. The van der Waals surface area contributed by atoms with Gasteiger partial charge in [-0.2, -0.15) is 0 Å². The minimum atomic E-state index is -0.324. The van der Waals surface area contributed by atoms with E-state index < -0.39 is 0 Å². The lowest BCUT2D eigenvalue weighted by atomic mass is 10.1. The molecular weight excluding hydrogens is 328 g/mol. The Hall–Kier alpha value is -2.37. The summed E-state index contributed by atoms with van der Waals surface area (Å²) in [6, 6.07) is 17.1. The molecule has 1 heterocycles. The smallest absolute Gasteiger partial charge is 0.287 e. The zero-order chi connectivity index (χ0) is 18.2. The number of nitrogens with one attached hydrogen (secondary N) is 1. The van der Waals surface area contributed by atoms with Crippen LogP contribution >= 0.6 is 0 Å². The molecule has 0 aliphatic carbocycles. The molecule has 1 saturated heterocycles. The van der Waals surface area contributed by atoms with E-state index in [0.29, 0.717) is 18.0 Å². The Balaban J connectivity index is 1.74. The Morgan fingerprint density at radius 3 is 2.73 bits per heavy atom. The lowest BCUT2D eigenvalue weighted by Gasteiger charge is -2.19. The first kappa shape index (κ1) is 18.4. The molecule has 0 aromatic heterocycles. The number of amides is 1. The van der Waals surface area contributed by atoms with Crippen molar-refractivity contribution in [2.45, 2.75) is 31.9 Å². The van der Waals surface area contributed by atoms with Crippen LogP contribution in [0.15, 0.2) is 54.6 Å². The normalized spacial score (nSPS) is 17.7. The molecule has 2 atom stereocenters. The Morgan fingerprint density at radius 2 is 2.00 bits per heavy atom. The average molecular weight is 355 g/mol. The molecule has 1 amide bonds. The van der Waals surface area contributed by atoms with Gasteiger partial charge in [-0.05, 0) is 31.9 Å². The Kier molecular flexibility index (Phi) is 6.63. The molecular formula is C21H27N2O3+. The molecule has 5 heteroatoms. The van der Waals surface area contributed by atoms with Crippen LogP contribution in [0.1, 0.15) is 31.4 Å². The molecule has 0 radical (unpaired) electrons. The zero-order valence-corrected chi connectivity index (χ0v) is 15.2. The van der Waals surface area contributed by atoms with Gasteiger partial charge in [0.25, 0.3) is 5.91 Å². The summed E-state index contributed by atoms with van der Waals surface area (Å²) in [6.07, 6.45) is 2.39. The van der Waals surface area contributed by atoms with Crippen molar-refractivity contribution in [2.24, 2.45) is 0 Å². The first-order valence-electron chi connectivity index (χ1n) is 9.30. The highest BCUT2D eigenvalue weighted by molar-refractivity contribution is 5.95. The molecule has 2 aromatic carbocycles. The SMILES string of the molecule is CCOc1ccccc1NC(=O)[C@@H]([NH2+]C[C@H]1CCCO1)c1ccccc1. The van der Waals surface area contributed by atoms with Crippen molar-refractivity contribution in [1.29, 1.82) is 0 Å². The number of quaternary nitrogens is 1. The van der Waals surface area contributed by atoms with Crippen LogP contribution in [0.25, 0.3) is 0 Å². The largest absolute Gasteiger partial charge is 0.492 e. The second kappa shape index (κ2) is 9.36. The van der Waals surface area contributed by atoms with E-state index >= 15 is 0 Å². The van der Waals surface area contributed by atoms with Gasteiger partial charge in [-0.15, -0.1) is 0 Å². The van der Waals surface area contributed by atoms with Gasteiger partial charge in [0.15, 0.2) is 6.04 Å². The van der Waals surface area contributed by atoms with Gasteiger partial charge in [0, 0.05) is 12.2 Å². The third-order valence-corrected chi connectivity index (χ3v) is 4.54. The topological polar surface area (TPSA) is 64.2 Å². The van der Waals surface area contributed by atoms with E-state index in [0.717, 1.165) is 31.6 Å². The van der Waals surface area contributed by atoms with Crippen molar-refractivity contribution in [3.63, 3.8) is 0 Å². The molecule has 1 fully saturated rings. The first-order chi connectivity index (χ1) is 12.8. The van der Waals surface area contributed by atoms with E-state index in [1.165, 1.54) is 0 Å². The lowest BCUT2D eigenvalue weighted by Crippen LogP contribution is -2.89. The number of para-hydroxylation sites is 2. The van der Waals surface area contributed by atoms with E-state index in [2.05, 4.69) is 10.6 Å². The lowest BCUT2D eigenvalue weighted by molar-refractivity contribution is -0.687. The number of ether oxygens (including phenoxy) is 2. The van der Waals surface area contributed by atoms with Gasteiger partial charge in [0.1, 0.15) is 18.4 Å². The van der Waals surface area contributed by atoms with Crippen LogP contribution in [-0.2, 0) is 9.53 Å². The average Bonchev–Trinajstić information content (AvgIpc) is 3.18. The molecule has 26 heavy (non-hydrogen) atoms. The standard InChI is InChI=1S/C21H26N2O3/c1-2-25-19-13-7-6-12-18(19)23-21(24)20(16-9-4-3-5-10-16)22-15-17-11-8-14-26-17/h3-7,9-10,12-13,17,20,22H,2,8,11,14-15H2,1H3,(H,23,24)/p+1/t17-,20+/m1/s1. The summed E-state index contributed by atoms with van der Waals surface area (Å²) in [5.41, 5.74) is 1.68. The van der Waals surface area contributed by atoms with Crippen LogP contribution in [0.4, 0.5) is 5.69 Å². The highest BCUT2D eigenvalue weighted by Gasteiger charge is 2.27. The van der Waals surface area contributed by atoms with Crippen molar-refractivity contribution in [2.75, 3.05) is 25.1 Å². The van der Waals surface area contributed by atoms with Gasteiger partial charge in [-0.25, -0.2) is 0 Å². The fourth-order valence-electron chi connectivity index (χ4n) is 3.23. The summed E-state index contributed by atoms with van der Waals surface area (Å²) in [7, 11) is 0. The van der Waals surface area contributed by atoms with Crippen molar-refractivity contribution in [3.8, 4) is 5.75 Å². The van der Waals surface area contributed by atoms with Crippen molar-refractivity contribution < 1.29 is 19.6 Å². The molecule has 5 nitrogen and oxygen atoms in total. The van der Waals surface area contributed by atoms with Crippen LogP contribution in [0.5, 0.6) is 5.75 Å². The minimum Gasteiger partial charge on any atom is -0.492 e. The molecule has 1 aliphatic rings. The summed E-state index contributed by atoms with van der Waals surface area (Å²) in [6.45, 7) is 4.09. The van der Waals surface area contributed by atoms with E-state index in [1.54, 1.807) is 0 Å². The molecule has 0 bridgehead atoms. The second-order valence-corrected chi connectivity index (χ2v) is 6.41. The van der Waals surface area contributed by atoms with Gasteiger partial charge in [-0.3, -0.25) is 4.79 Å². The Morgan fingerprint density at radius 1 is 1.23 bits per heavy atom. The Bertz CT molecular complexity index is 699. The summed E-state index contributed by atoms with van der Waals surface area (Å²) in [5.74, 6) is 0.635. The van der Waals surface area contributed by atoms with Crippen molar-refractivity contribution in [3.05, 3.63) is 60.2 Å². The maximum atomic E-state index is 13.0. The first-order valence-corrected chi connectivity index (χ1v) is 9.30. The van der Waals surface area contributed by atoms with Crippen LogP contribution in [0, 0.1) is 0 Å². The molecule has 3 N–H and O–H groups in total. The van der Waals surface area contributed by atoms with Gasteiger partial charge >= 0.3 is 0 Å². The summed E-state index contributed by atoms with van der Waals surface area (Å²) >= 11 is 0. The predicted octanol–water partition coefficient (Wildman–Crippen LogP) is 2.51. The summed E-state index contributed by atoms with van der Waals surface area (Å²) in [5, 5.41) is 5.11. The number of hydrogen-bond acceptors (Lipinski definition) is 3. The van der Waals surface area contributed by atoms with E-state index in [1.807, 2.05) is 61.5 Å². The number of carbonyl (C=O) groups excluding carboxylic acids is 1. The predicted molar refractivity (Wildman–Crippen MR) is 101 cm³/mol. The van der Waals surface area contributed by atoms with Gasteiger partial charge in [0.05, 0.1) is 12.3 Å². The number of anilines is 1. The molecule has 3 rings (SSSR count).